The molecule has 2 saturated carbocycles. The van der Waals surface area contributed by atoms with Crippen molar-refractivity contribution in [1.82, 2.24) is 39.9 Å². The summed E-state index contributed by atoms with van der Waals surface area (Å²) in [6, 6.07) is 21.7. The van der Waals surface area contributed by atoms with Crippen molar-refractivity contribution in [3.8, 4) is 75.0 Å². The molecule has 0 radical (unpaired) electrons. The molecule has 0 spiro atoms. The van der Waals surface area contributed by atoms with E-state index < -0.39 is 50.6 Å². The van der Waals surface area contributed by atoms with Crippen molar-refractivity contribution in [2.24, 2.45) is 17.3 Å². The van der Waals surface area contributed by atoms with E-state index in [9.17, 15) is 49.1 Å². The number of nitrogens with one attached hydrogen (secondary N) is 2. The van der Waals surface area contributed by atoms with Gasteiger partial charge in [0.2, 0.25) is 0 Å². The summed E-state index contributed by atoms with van der Waals surface area (Å²) in [5.74, 6) is 14.0. The second-order valence-corrected chi connectivity index (χ2v) is 25.6. The summed E-state index contributed by atoms with van der Waals surface area (Å²) in [6.45, 7) is 2.31. The smallest absolute Gasteiger partial charge is 0.744 e. The van der Waals surface area contributed by atoms with Crippen LogP contribution >= 0.6 is 0 Å². The standard InChI is InChI=1S/C58H48N8O11S3.Na.Zn/c1-57-24-21-38-37-17-11-33(67)27-32(37)10-16-39(38)48(57)22-25-58(57,68)23-7-5-3-2-4-6-8-31-9-15-40-44(26-31)53-59-49(40)61-54-46-29-35(79(72,73)74)13-19-42(46)51(63-54)65-56-47-30-36(80(75,76)77)14-20-43(47)52(66-56)64-55-45-28-34(78(69,70)71)12-18-41(45)50(60-53)62-55;;/h9,11-15,17-20,26-30,38-39,48,67-68H,3,5,7,10,16,21-25H2,1H3,(H,69,70,71)(H,72,73,74)(H,75,76,77)(H2,59,60,61,62,63,64,65,66);;/q;+1;+2/p-3/t38?,39?,48?,57-,58-;;/m0../s1. The van der Waals surface area contributed by atoms with Crippen LogP contribution in [-0.2, 0) is 56.3 Å². The molecule has 3 aliphatic carbocycles. The number of benzene rings is 5. The molecule has 24 heteroatoms. The fourth-order valence-electron chi connectivity index (χ4n) is 13.2. The Kier molecular flexibility index (Phi) is 14.8. The zero-order valence-corrected chi connectivity index (χ0v) is 51.6. The molecule has 3 aromatic heterocycles. The average molecular weight is 1210 g/mol. The topological polar surface area (TPSA) is 321 Å². The molecule has 404 valence electrons. The van der Waals surface area contributed by atoms with Gasteiger partial charge in [0.15, 0.2) is 23.3 Å². The summed E-state index contributed by atoms with van der Waals surface area (Å²) in [6.07, 6.45) is 8.80. The molecule has 8 bridgehead atoms. The van der Waals surface area contributed by atoms with Crippen molar-refractivity contribution in [2.75, 3.05) is 0 Å². The SMILES string of the molecule is C[C@]12CCC3c4ccc(O)cc4CCC3C1CC[C@@]2(O)CCCCC#CC#Cc1ccc2c(c1)-c1nc3nc(nc4[nH]c(nc5[nH]c(nc-2n1)c1cc(S(=O)(=O)[O-])ccc51)c1cc(S(=O)(=O)[O-])ccc41)-c1cc(S(=O)(=O)[O-])ccc1-3.[Na+].[Zn+2]. The van der Waals surface area contributed by atoms with Crippen LogP contribution in [0.1, 0.15) is 87.3 Å². The van der Waals surface area contributed by atoms with E-state index in [2.05, 4.69) is 46.6 Å². The number of hydrogen-bond donors (Lipinski definition) is 4. The van der Waals surface area contributed by atoms with Gasteiger partial charge in [-0.15, -0.1) is 0 Å². The van der Waals surface area contributed by atoms with Gasteiger partial charge in [-0.05, 0) is 189 Å². The monoisotopic (exact) mass is 1210 g/mol. The first-order valence-electron chi connectivity index (χ1n) is 25.9. The zero-order valence-electron chi connectivity index (χ0n) is 44.1. The molecular formula is C58H45N8NaO11S3Zn. The Hall–Kier alpha value is -6.31. The molecule has 13 rings (SSSR count). The van der Waals surface area contributed by atoms with Gasteiger partial charge in [-0.1, -0.05) is 24.8 Å². The number of aromatic amines is 2. The van der Waals surface area contributed by atoms with Gasteiger partial charge < -0.3 is 33.8 Å². The Morgan fingerprint density at radius 3 is 1.80 bits per heavy atom. The largest absolute Gasteiger partial charge is 2.00 e. The third-order valence-electron chi connectivity index (χ3n) is 17.1. The number of H-pyrrole nitrogens is 2. The molecule has 0 amide bonds. The van der Waals surface area contributed by atoms with E-state index in [1.165, 1.54) is 29.3 Å². The van der Waals surface area contributed by atoms with Crippen LogP contribution in [0.3, 0.4) is 0 Å². The van der Waals surface area contributed by atoms with Crippen LogP contribution in [0.4, 0.5) is 0 Å². The molecule has 0 saturated heterocycles. The maximum absolute atomic E-state index is 12.3. The van der Waals surface area contributed by atoms with Crippen molar-refractivity contribution in [3.63, 3.8) is 0 Å². The quantitative estimate of drug-likeness (QED) is 0.0663. The number of aromatic hydroxyl groups is 1. The number of phenols is 1. The van der Waals surface area contributed by atoms with Crippen LogP contribution < -0.4 is 29.6 Å². The second kappa shape index (κ2) is 21.1. The molecule has 82 heavy (non-hydrogen) atoms. The minimum Gasteiger partial charge on any atom is -0.744 e. The van der Waals surface area contributed by atoms with Crippen molar-refractivity contribution >= 4 is 74.5 Å². The molecule has 5 aromatic carbocycles. The summed E-state index contributed by atoms with van der Waals surface area (Å²) in [5.41, 5.74) is 3.62. The summed E-state index contributed by atoms with van der Waals surface area (Å²) < 4.78 is 111. The van der Waals surface area contributed by atoms with E-state index in [1.807, 2.05) is 6.07 Å². The molecule has 3 unspecified atom stereocenters. The van der Waals surface area contributed by atoms with Crippen LogP contribution in [0.25, 0.3) is 89.7 Å². The number of aliphatic hydroxyl groups is 1. The molecule has 2 fully saturated rings. The van der Waals surface area contributed by atoms with Gasteiger partial charge in [0.05, 0.1) is 20.3 Å². The molecule has 5 heterocycles. The molecule has 8 aromatic rings. The van der Waals surface area contributed by atoms with Crippen LogP contribution in [-0.4, -0.2) is 94.6 Å². The Morgan fingerprint density at radius 2 is 1.15 bits per heavy atom. The Morgan fingerprint density at radius 1 is 0.598 bits per heavy atom. The van der Waals surface area contributed by atoms with Crippen molar-refractivity contribution in [2.45, 2.75) is 97.3 Å². The molecule has 5 aliphatic rings. The van der Waals surface area contributed by atoms with Crippen molar-refractivity contribution < 1.29 is 98.2 Å². The first-order valence-corrected chi connectivity index (χ1v) is 30.1. The summed E-state index contributed by atoms with van der Waals surface area (Å²) >= 11 is 0. The van der Waals surface area contributed by atoms with Crippen LogP contribution in [0.2, 0.25) is 0 Å². The van der Waals surface area contributed by atoms with Gasteiger partial charge in [-0.2, -0.15) is 0 Å². The first-order chi connectivity index (χ1) is 38.1. The van der Waals surface area contributed by atoms with E-state index in [1.54, 1.807) is 24.3 Å². The molecule has 5 atom stereocenters. The summed E-state index contributed by atoms with van der Waals surface area (Å²) in [5, 5.41) is 23.1. The number of nitrogens with zero attached hydrogens (tertiary/aromatic N) is 6. The van der Waals surface area contributed by atoms with Crippen LogP contribution in [0.15, 0.2) is 106 Å². The van der Waals surface area contributed by atoms with E-state index in [0.717, 1.165) is 87.8 Å². The summed E-state index contributed by atoms with van der Waals surface area (Å²) in [7, 11) is -14.9. The molecule has 4 N–H and O–H groups in total. The Bertz CT molecular complexity index is 4730. The zero-order chi connectivity index (χ0) is 55.7. The van der Waals surface area contributed by atoms with Crippen molar-refractivity contribution in [1.29, 1.82) is 0 Å². The van der Waals surface area contributed by atoms with Gasteiger partial charge in [-0.3, -0.25) is 0 Å². The van der Waals surface area contributed by atoms with Gasteiger partial charge >= 0.3 is 49.0 Å². The number of phenolic OH excluding ortho intramolecular Hbond substituents is 1. The van der Waals surface area contributed by atoms with E-state index in [0.29, 0.717) is 53.0 Å². The molecule has 2 aliphatic heterocycles. The summed E-state index contributed by atoms with van der Waals surface area (Å²) in [4.78, 5) is 33.1. The maximum atomic E-state index is 12.3. The fraction of sp³-hybridized carbons (Fsp3) is 0.276. The van der Waals surface area contributed by atoms with Gasteiger partial charge in [-0.25, -0.2) is 55.2 Å². The van der Waals surface area contributed by atoms with E-state index >= 15 is 0 Å². The van der Waals surface area contributed by atoms with Gasteiger partial charge in [0.1, 0.15) is 58.7 Å². The Labute approximate surface area is 505 Å². The predicted molar refractivity (Wildman–Crippen MR) is 291 cm³/mol. The van der Waals surface area contributed by atoms with E-state index in [-0.39, 0.29) is 133 Å². The number of rotatable bonds is 7. The number of hydrogen-bond acceptors (Lipinski definition) is 17. The van der Waals surface area contributed by atoms with Crippen LogP contribution in [0.5, 0.6) is 5.75 Å². The third kappa shape index (κ3) is 10.1. The normalized spacial score (nSPS) is 20.6. The van der Waals surface area contributed by atoms with Gasteiger partial charge in [0, 0.05) is 55.8 Å². The van der Waals surface area contributed by atoms with E-state index in [4.69, 9.17) is 29.9 Å². The van der Waals surface area contributed by atoms with Gasteiger partial charge in [0.25, 0.3) is 0 Å². The first kappa shape index (κ1) is 57.5. The number of fused-ring (bicyclic) bond motifs is 25. The minimum absolute atomic E-state index is 0. The minimum atomic E-state index is -4.99. The molecule has 19 nitrogen and oxygen atoms in total. The Balaban J connectivity index is 0.00000353. The molecular weight excluding hydrogens is 1170 g/mol. The number of aryl methyl sites for hydroxylation is 1. The van der Waals surface area contributed by atoms with Crippen LogP contribution in [0, 0.1) is 40.9 Å². The fourth-order valence-corrected chi connectivity index (χ4v) is 14.7. The predicted octanol–water partition coefficient (Wildman–Crippen LogP) is 5.49. The maximum Gasteiger partial charge on any atom is 2.00 e. The number of aromatic nitrogens is 8. The number of unbranched alkanes of at least 4 members (excludes halogenated alkanes) is 2. The third-order valence-corrected chi connectivity index (χ3v) is 19.6. The second-order valence-electron chi connectivity index (χ2n) is 21.4. The van der Waals surface area contributed by atoms with Crippen molar-refractivity contribution in [3.05, 3.63) is 108 Å². The average Bonchev–Trinajstić information content (AvgIpc) is 2.25.